The minimum atomic E-state index is -1.53. The second-order valence-electron chi connectivity index (χ2n) is 20.6. The lowest BCUT2D eigenvalue weighted by atomic mass is 9.81. The first kappa shape index (κ1) is 41.0. The molecule has 318 valence electrons. The van der Waals surface area contributed by atoms with Gasteiger partial charge in [0, 0.05) is 38.3 Å². The molecule has 0 aromatic heterocycles. The quantitative estimate of drug-likeness (QED) is 0.140. The molecule has 2 nitrogen and oxygen atoms in total. The first-order valence-corrected chi connectivity index (χ1v) is 30.2. The predicted molar refractivity (Wildman–Crippen MR) is 289 cm³/mol. The maximum absolute atomic E-state index is 2.54. The van der Waals surface area contributed by atoms with E-state index in [-0.39, 0.29) is 5.41 Å². The second kappa shape index (κ2) is 15.2. The standard InChI is InChI=1S/C61H56N2Si2/c1-61(2)53-39-57(62(43-31-35-45(36-32-43)64(3,4)5)55-29-17-21-41-19-9-11-23-47(41)55)49-25-13-15-27-51(49)59(53)60-52-28-16-14-26-50(52)58(40-54(60)61)63(44-33-37-46(38-34-44)65(6,7)8)56-30-18-22-42-20-10-12-24-48(42)56/h9-40H,1-8H3. The van der Waals surface area contributed by atoms with Gasteiger partial charge in [0.1, 0.15) is 0 Å². The molecular weight excluding hydrogens is 817 g/mol. The Hall–Kier alpha value is -6.73. The summed E-state index contributed by atoms with van der Waals surface area (Å²) in [5.74, 6) is 0. The third-order valence-corrected chi connectivity index (χ3v) is 18.3. The summed E-state index contributed by atoms with van der Waals surface area (Å²) in [7, 11) is -3.06. The van der Waals surface area contributed by atoms with Gasteiger partial charge in [-0.15, -0.1) is 0 Å². The van der Waals surface area contributed by atoms with Crippen LogP contribution in [0.1, 0.15) is 25.0 Å². The van der Waals surface area contributed by atoms with Crippen molar-refractivity contribution in [3.8, 4) is 11.1 Å². The number of nitrogens with zero attached hydrogens (tertiary/aromatic N) is 2. The highest BCUT2D eigenvalue weighted by Crippen LogP contribution is 2.58. The van der Waals surface area contributed by atoms with E-state index in [2.05, 4.69) is 257 Å². The summed E-state index contributed by atoms with van der Waals surface area (Å²) >= 11 is 0. The van der Waals surface area contributed by atoms with Crippen molar-refractivity contribution in [1.82, 2.24) is 0 Å². The fraction of sp³-hybridized carbons (Fsp3) is 0.148. The fourth-order valence-electron chi connectivity index (χ4n) is 10.6. The number of hydrogen-bond donors (Lipinski definition) is 0. The summed E-state index contributed by atoms with van der Waals surface area (Å²) in [4.78, 5) is 5.07. The SMILES string of the molecule is CC1(C)c2cc(N(c3ccc([Si](C)(C)C)cc3)c3cccc4ccccc34)c3ccccc3c2-c2c1cc(N(c1ccc([Si](C)(C)C)cc1)c1cccc3ccccc13)c1ccccc21. The van der Waals surface area contributed by atoms with Gasteiger partial charge in [0.15, 0.2) is 0 Å². The summed E-state index contributed by atoms with van der Waals surface area (Å²) in [5.41, 5.74) is 12.1. The van der Waals surface area contributed by atoms with Crippen molar-refractivity contribution < 1.29 is 0 Å². The van der Waals surface area contributed by atoms with Gasteiger partial charge in [-0.3, -0.25) is 0 Å². The maximum atomic E-state index is 2.54. The summed E-state index contributed by atoms with van der Waals surface area (Å²) < 4.78 is 0. The van der Waals surface area contributed by atoms with E-state index in [0.29, 0.717) is 0 Å². The first-order valence-electron chi connectivity index (χ1n) is 23.2. The van der Waals surface area contributed by atoms with Gasteiger partial charge in [-0.25, -0.2) is 0 Å². The summed E-state index contributed by atoms with van der Waals surface area (Å²) in [5, 5.41) is 12.9. The number of anilines is 6. The zero-order valence-electron chi connectivity index (χ0n) is 38.9. The van der Waals surface area contributed by atoms with Gasteiger partial charge in [0.05, 0.1) is 38.9 Å². The van der Waals surface area contributed by atoms with Crippen LogP contribution in [0.2, 0.25) is 39.3 Å². The lowest BCUT2D eigenvalue weighted by Crippen LogP contribution is -2.37. The summed E-state index contributed by atoms with van der Waals surface area (Å²) in [6.45, 7) is 19.5. The highest BCUT2D eigenvalue weighted by atomic mass is 28.3. The van der Waals surface area contributed by atoms with Crippen LogP contribution in [0.4, 0.5) is 34.1 Å². The van der Waals surface area contributed by atoms with Crippen LogP contribution in [0.15, 0.2) is 194 Å². The van der Waals surface area contributed by atoms with E-state index < -0.39 is 16.1 Å². The molecule has 10 aromatic carbocycles. The largest absolute Gasteiger partial charge is 0.309 e. The predicted octanol–water partition coefficient (Wildman–Crippen LogP) is 16.6. The van der Waals surface area contributed by atoms with Crippen LogP contribution in [-0.4, -0.2) is 16.1 Å². The third-order valence-electron chi connectivity index (χ3n) is 14.1. The van der Waals surface area contributed by atoms with Gasteiger partial charge < -0.3 is 9.80 Å². The van der Waals surface area contributed by atoms with Crippen LogP contribution < -0.4 is 20.2 Å². The van der Waals surface area contributed by atoms with Crippen molar-refractivity contribution in [1.29, 1.82) is 0 Å². The smallest absolute Gasteiger partial charge is 0.0775 e. The highest BCUT2D eigenvalue weighted by Gasteiger charge is 2.40. The van der Waals surface area contributed by atoms with Crippen LogP contribution in [0.3, 0.4) is 0 Å². The van der Waals surface area contributed by atoms with E-state index in [0.717, 1.165) is 0 Å². The molecule has 10 aromatic rings. The molecule has 0 unspecified atom stereocenters. The molecule has 0 heterocycles. The molecule has 0 aliphatic heterocycles. The Morgan fingerprint density at radius 3 is 1.02 bits per heavy atom. The van der Waals surface area contributed by atoms with E-state index in [1.807, 2.05) is 0 Å². The van der Waals surface area contributed by atoms with Gasteiger partial charge >= 0.3 is 0 Å². The average Bonchev–Trinajstić information content (AvgIpc) is 3.54. The van der Waals surface area contributed by atoms with Gasteiger partial charge in [-0.05, 0) is 92.3 Å². The molecular formula is C61H56N2Si2. The minimum Gasteiger partial charge on any atom is -0.309 e. The molecule has 0 amide bonds. The van der Waals surface area contributed by atoms with Crippen molar-refractivity contribution in [2.75, 3.05) is 9.80 Å². The summed E-state index contributed by atoms with van der Waals surface area (Å²) in [6.07, 6.45) is 0. The van der Waals surface area contributed by atoms with Crippen molar-refractivity contribution in [2.45, 2.75) is 58.5 Å². The van der Waals surface area contributed by atoms with E-state index in [9.17, 15) is 0 Å². The van der Waals surface area contributed by atoms with Crippen LogP contribution >= 0.6 is 0 Å². The molecule has 0 radical (unpaired) electrons. The Labute approximate surface area is 386 Å². The highest BCUT2D eigenvalue weighted by molar-refractivity contribution is 6.89. The number of hydrogen-bond acceptors (Lipinski definition) is 2. The first-order chi connectivity index (χ1) is 31.3. The van der Waals surface area contributed by atoms with Crippen LogP contribution in [0.25, 0.3) is 54.2 Å². The van der Waals surface area contributed by atoms with E-state index >= 15 is 0 Å². The fourth-order valence-corrected chi connectivity index (χ4v) is 12.9. The molecule has 0 bridgehead atoms. The Kier molecular flexibility index (Phi) is 9.58. The molecule has 1 aliphatic carbocycles. The second-order valence-corrected chi connectivity index (χ2v) is 30.8. The topological polar surface area (TPSA) is 6.48 Å². The molecule has 11 rings (SSSR count). The molecule has 0 spiro atoms. The van der Waals surface area contributed by atoms with Crippen molar-refractivity contribution in [2.24, 2.45) is 0 Å². The molecule has 0 N–H and O–H groups in total. The van der Waals surface area contributed by atoms with Crippen LogP contribution in [0, 0.1) is 0 Å². The molecule has 0 saturated carbocycles. The van der Waals surface area contributed by atoms with E-state index in [1.165, 1.54) is 110 Å². The minimum absolute atomic E-state index is 0.333. The van der Waals surface area contributed by atoms with Gasteiger partial charge in [-0.1, -0.05) is 209 Å². The van der Waals surface area contributed by atoms with Crippen molar-refractivity contribution in [3.05, 3.63) is 205 Å². The zero-order chi connectivity index (χ0) is 44.8. The van der Waals surface area contributed by atoms with Gasteiger partial charge in [0.25, 0.3) is 0 Å². The van der Waals surface area contributed by atoms with Crippen molar-refractivity contribution in [3.63, 3.8) is 0 Å². The summed E-state index contributed by atoms with van der Waals surface area (Å²) in [6, 6.07) is 73.4. The van der Waals surface area contributed by atoms with E-state index in [4.69, 9.17) is 0 Å². The molecule has 0 atom stereocenters. The van der Waals surface area contributed by atoms with Crippen LogP contribution in [0.5, 0.6) is 0 Å². The lowest BCUT2D eigenvalue weighted by Gasteiger charge is -2.31. The Morgan fingerprint density at radius 2 is 0.646 bits per heavy atom. The van der Waals surface area contributed by atoms with Crippen LogP contribution in [-0.2, 0) is 5.41 Å². The monoisotopic (exact) mass is 872 g/mol. The maximum Gasteiger partial charge on any atom is 0.0775 e. The lowest BCUT2D eigenvalue weighted by molar-refractivity contribution is 0.661. The third kappa shape index (κ3) is 6.73. The van der Waals surface area contributed by atoms with Crippen molar-refractivity contribution >= 4 is 104 Å². The Balaban J connectivity index is 1.19. The molecule has 1 aliphatic rings. The van der Waals surface area contributed by atoms with E-state index in [1.54, 1.807) is 0 Å². The Bertz CT molecular complexity index is 3240. The van der Waals surface area contributed by atoms with Gasteiger partial charge in [-0.2, -0.15) is 0 Å². The normalized spacial score (nSPS) is 13.4. The number of benzene rings is 10. The number of fused-ring (bicyclic) bond motifs is 9. The molecule has 4 heteroatoms. The Morgan fingerprint density at radius 1 is 0.323 bits per heavy atom. The molecule has 65 heavy (non-hydrogen) atoms. The number of rotatable bonds is 8. The zero-order valence-corrected chi connectivity index (χ0v) is 40.9. The van der Waals surface area contributed by atoms with Gasteiger partial charge in [0.2, 0.25) is 0 Å². The average molecular weight is 873 g/mol. The molecule has 0 saturated heterocycles. The molecule has 0 fully saturated rings.